The maximum absolute atomic E-state index is 13.0. The summed E-state index contributed by atoms with van der Waals surface area (Å²) in [5.41, 5.74) is 0.0621. The van der Waals surface area contributed by atoms with Crippen molar-refractivity contribution in [3.05, 3.63) is 41.4 Å². The zero-order valence-electron chi connectivity index (χ0n) is 19.1. The van der Waals surface area contributed by atoms with Crippen LogP contribution in [0.25, 0.3) is 0 Å². The second-order valence-corrected chi connectivity index (χ2v) is 11.2. The standard InChI is InChI=1S/C21H28N4O6S2/c1-21(2,3)31-19(27)15(11-12-33(5,28)29)23-18(26)17(25-30-4)16-13-32-20(24-16)22-14-9-7-6-8-10-14/h6-10,13,15H,11-12H2,1-5H3,(H,22,24)(H,23,26). The number of hydrogen-bond acceptors (Lipinski definition) is 10. The smallest absolute Gasteiger partial charge is 0.329 e. The molecule has 10 nitrogen and oxygen atoms in total. The third kappa shape index (κ3) is 9.18. The number of sulfone groups is 1. The molecule has 0 spiro atoms. The van der Waals surface area contributed by atoms with Gasteiger partial charge in [0.05, 0.1) is 5.75 Å². The fourth-order valence-electron chi connectivity index (χ4n) is 2.56. The van der Waals surface area contributed by atoms with E-state index in [0.717, 1.165) is 11.9 Å². The van der Waals surface area contributed by atoms with E-state index in [1.165, 1.54) is 18.4 Å². The first kappa shape index (κ1) is 26.3. The first-order chi connectivity index (χ1) is 15.4. The fraction of sp³-hybridized carbons (Fsp3) is 0.429. The first-order valence-corrected chi connectivity index (χ1v) is 12.9. The van der Waals surface area contributed by atoms with Crippen molar-refractivity contribution in [2.75, 3.05) is 24.4 Å². The van der Waals surface area contributed by atoms with E-state index >= 15 is 0 Å². The number of ether oxygens (including phenoxy) is 1. The number of carbonyl (C=O) groups excluding carboxylic acids is 2. The highest BCUT2D eigenvalue weighted by molar-refractivity contribution is 7.90. The van der Waals surface area contributed by atoms with Crippen molar-refractivity contribution in [1.29, 1.82) is 0 Å². The van der Waals surface area contributed by atoms with E-state index in [4.69, 9.17) is 9.57 Å². The number of aromatic nitrogens is 1. The van der Waals surface area contributed by atoms with Crippen LogP contribution in [0.1, 0.15) is 32.9 Å². The minimum atomic E-state index is -3.37. The summed E-state index contributed by atoms with van der Waals surface area (Å²) in [6.45, 7) is 5.03. The number of esters is 1. The Morgan fingerprint density at radius 3 is 2.45 bits per heavy atom. The van der Waals surface area contributed by atoms with Crippen LogP contribution in [-0.2, 0) is 29.0 Å². The van der Waals surface area contributed by atoms with E-state index in [9.17, 15) is 18.0 Å². The van der Waals surface area contributed by atoms with Crippen LogP contribution in [0.15, 0.2) is 40.9 Å². The van der Waals surface area contributed by atoms with Gasteiger partial charge >= 0.3 is 5.97 Å². The van der Waals surface area contributed by atoms with E-state index in [0.29, 0.717) is 5.13 Å². The van der Waals surface area contributed by atoms with Crippen LogP contribution in [0, 0.1) is 0 Å². The molecule has 1 aromatic heterocycles. The first-order valence-electron chi connectivity index (χ1n) is 9.98. The lowest BCUT2D eigenvalue weighted by Gasteiger charge is -2.24. The summed E-state index contributed by atoms with van der Waals surface area (Å²) in [5.74, 6) is -1.81. The molecule has 0 aliphatic rings. The summed E-state index contributed by atoms with van der Waals surface area (Å²) in [7, 11) is -2.10. The van der Waals surface area contributed by atoms with Crippen LogP contribution in [0.5, 0.6) is 0 Å². The molecule has 0 bridgehead atoms. The van der Waals surface area contributed by atoms with Crippen molar-refractivity contribution < 1.29 is 27.6 Å². The molecule has 0 saturated carbocycles. The number of para-hydroxylation sites is 1. The SMILES string of the molecule is CON=C(C(=O)NC(CCS(C)(=O)=O)C(=O)OC(C)(C)C)c1csc(Nc2ccccc2)n1. The number of thiazole rings is 1. The lowest BCUT2D eigenvalue weighted by molar-refractivity contribution is -0.158. The summed E-state index contributed by atoms with van der Waals surface area (Å²) < 4.78 is 28.6. The van der Waals surface area contributed by atoms with E-state index in [1.54, 1.807) is 26.2 Å². The number of amides is 1. The van der Waals surface area contributed by atoms with Gasteiger partial charge in [-0.3, -0.25) is 4.79 Å². The maximum Gasteiger partial charge on any atom is 0.329 e. The molecule has 0 radical (unpaired) electrons. The number of nitrogens with zero attached hydrogens (tertiary/aromatic N) is 2. The van der Waals surface area contributed by atoms with Crippen molar-refractivity contribution >= 4 is 49.6 Å². The van der Waals surface area contributed by atoms with Crippen molar-refractivity contribution in [3.63, 3.8) is 0 Å². The van der Waals surface area contributed by atoms with Crippen molar-refractivity contribution in [2.24, 2.45) is 5.16 Å². The molecule has 0 aliphatic carbocycles. The van der Waals surface area contributed by atoms with Crippen LogP contribution >= 0.6 is 11.3 Å². The highest BCUT2D eigenvalue weighted by Gasteiger charge is 2.30. The third-order valence-electron chi connectivity index (χ3n) is 3.94. The number of hydrogen-bond donors (Lipinski definition) is 2. The van der Waals surface area contributed by atoms with Crippen LogP contribution in [-0.4, -0.2) is 61.8 Å². The Balaban J connectivity index is 2.21. The van der Waals surface area contributed by atoms with Gasteiger partial charge in [-0.2, -0.15) is 0 Å². The van der Waals surface area contributed by atoms with Gasteiger partial charge < -0.3 is 20.2 Å². The van der Waals surface area contributed by atoms with Gasteiger partial charge in [0, 0.05) is 17.3 Å². The average molecular weight is 497 g/mol. The molecular weight excluding hydrogens is 468 g/mol. The minimum absolute atomic E-state index is 0.155. The lowest BCUT2D eigenvalue weighted by atomic mass is 10.1. The number of oxime groups is 1. The quantitative estimate of drug-likeness (QED) is 0.291. The Kier molecular flexibility index (Phi) is 8.94. The maximum atomic E-state index is 13.0. The van der Waals surface area contributed by atoms with Gasteiger partial charge in [0.15, 0.2) is 10.8 Å². The zero-order chi connectivity index (χ0) is 24.6. The third-order valence-corrected chi connectivity index (χ3v) is 5.68. The van der Waals surface area contributed by atoms with Crippen LogP contribution in [0.2, 0.25) is 0 Å². The van der Waals surface area contributed by atoms with Crippen molar-refractivity contribution in [2.45, 2.75) is 38.8 Å². The Morgan fingerprint density at radius 1 is 1.21 bits per heavy atom. The number of nitrogens with one attached hydrogen (secondary N) is 2. The molecule has 1 aromatic carbocycles. The normalized spacial score (nSPS) is 13.2. The molecule has 0 aliphatic heterocycles. The molecule has 2 N–H and O–H groups in total. The molecule has 1 unspecified atom stereocenters. The largest absolute Gasteiger partial charge is 0.458 e. The van der Waals surface area contributed by atoms with Gasteiger partial charge in [-0.25, -0.2) is 18.2 Å². The van der Waals surface area contributed by atoms with Crippen LogP contribution in [0.4, 0.5) is 10.8 Å². The Bertz CT molecular complexity index is 1090. The molecule has 2 rings (SSSR count). The van der Waals surface area contributed by atoms with E-state index in [-0.39, 0.29) is 23.6 Å². The highest BCUT2D eigenvalue weighted by atomic mass is 32.2. The monoisotopic (exact) mass is 496 g/mol. The fourth-order valence-corrected chi connectivity index (χ4v) is 3.94. The van der Waals surface area contributed by atoms with Crippen LogP contribution < -0.4 is 10.6 Å². The predicted octanol–water partition coefficient (Wildman–Crippen LogP) is 2.50. The Labute approximate surface area is 197 Å². The van der Waals surface area contributed by atoms with Crippen molar-refractivity contribution in [1.82, 2.24) is 10.3 Å². The highest BCUT2D eigenvalue weighted by Crippen LogP contribution is 2.21. The van der Waals surface area contributed by atoms with Gasteiger partial charge in [-0.05, 0) is 39.3 Å². The van der Waals surface area contributed by atoms with Crippen LogP contribution in [0.3, 0.4) is 0 Å². The Hall–Kier alpha value is -2.99. The number of anilines is 2. The summed E-state index contributed by atoms with van der Waals surface area (Å²) in [4.78, 5) is 34.7. The summed E-state index contributed by atoms with van der Waals surface area (Å²) in [6, 6.07) is 8.16. The van der Waals surface area contributed by atoms with E-state index in [1.807, 2.05) is 30.3 Å². The molecule has 180 valence electrons. The van der Waals surface area contributed by atoms with E-state index in [2.05, 4.69) is 20.8 Å². The number of carbonyl (C=O) groups is 2. The molecule has 0 saturated heterocycles. The minimum Gasteiger partial charge on any atom is -0.458 e. The van der Waals surface area contributed by atoms with Gasteiger partial charge in [-0.1, -0.05) is 23.4 Å². The molecular formula is C21H28N4O6S2. The second-order valence-electron chi connectivity index (χ2n) is 8.13. The molecule has 1 amide bonds. The zero-order valence-corrected chi connectivity index (χ0v) is 20.7. The predicted molar refractivity (Wildman–Crippen MR) is 127 cm³/mol. The molecule has 12 heteroatoms. The average Bonchev–Trinajstić information content (AvgIpc) is 3.15. The molecule has 33 heavy (non-hydrogen) atoms. The summed E-state index contributed by atoms with van der Waals surface area (Å²) in [5, 5.41) is 11.5. The van der Waals surface area contributed by atoms with E-state index < -0.39 is 33.4 Å². The van der Waals surface area contributed by atoms with Gasteiger partial charge in [0.25, 0.3) is 5.91 Å². The summed E-state index contributed by atoms with van der Waals surface area (Å²) in [6.07, 6.45) is 0.896. The molecule has 2 aromatic rings. The van der Waals surface area contributed by atoms with Gasteiger partial charge in [0.1, 0.15) is 34.3 Å². The molecule has 0 fully saturated rings. The van der Waals surface area contributed by atoms with Gasteiger partial charge in [-0.15, -0.1) is 11.3 Å². The molecule has 1 atom stereocenters. The second kappa shape index (κ2) is 11.2. The lowest BCUT2D eigenvalue weighted by Crippen LogP contribution is -2.47. The molecule has 1 heterocycles. The summed E-state index contributed by atoms with van der Waals surface area (Å²) >= 11 is 1.25. The Morgan fingerprint density at radius 2 is 1.88 bits per heavy atom. The number of benzene rings is 1. The topological polar surface area (TPSA) is 136 Å². The number of rotatable bonds is 10. The van der Waals surface area contributed by atoms with Crippen molar-refractivity contribution in [3.8, 4) is 0 Å². The van der Waals surface area contributed by atoms with Gasteiger partial charge in [0.2, 0.25) is 0 Å².